The van der Waals surface area contributed by atoms with Crippen molar-refractivity contribution in [1.82, 2.24) is 4.57 Å². The molecule has 0 amide bonds. The minimum Gasteiger partial charge on any atom is -0.310 e. The second kappa shape index (κ2) is 12.9. The van der Waals surface area contributed by atoms with E-state index in [9.17, 15) is 0 Å². The third-order valence-corrected chi connectivity index (χ3v) is 19.3. The summed E-state index contributed by atoms with van der Waals surface area (Å²) < 4.78 is 5.30. The van der Waals surface area contributed by atoms with Crippen molar-refractivity contribution in [2.24, 2.45) is 0 Å². The standard InChI is InChI=1S/C54H39NSSi/c1-3-17-37(18-4-1)57(38-19-5-2-6-20-38,40-30-31-45-43-24-8-7-22-41(43)42-23-9-10-25-44(42)49(45)35-40)39-21-15-16-36(34-39)55-50-28-13-11-27-48(50)53-51(55)33-32-47-46-26-12-14-29-52(46)56-54(47)53/h1-14,16-20,22-34,49H,15,21,35H2. The Bertz CT molecular complexity index is 3170. The number of thiophene rings is 1. The molecule has 9 aromatic rings. The predicted octanol–water partition coefficient (Wildman–Crippen LogP) is 13.2. The smallest absolute Gasteiger partial charge is 0.171 e. The maximum Gasteiger partial charge on any atom is 0.171 e. The van der Waals surface area contributed by atoms with E-state index >= 15 is 0 Å². The first-order valence-corrected chi connectivity index (χ1v) is 23.1. The molecule has 0 saturated carbocycles. The highest BCUT2D eigenvalue weighted by Gasteiger charge is 2.47. The van der Waals surface area contributed by atoms with Crippen molar-refractivity contribution in [2.45, 2.75) is 25.2 Å². The molecular formula is C54H39NSSi. The summed E-state index contributed by atoms with van der Waals surface area (Å²) in [5.74, 6) is 0.302. The van der Waals surface area contributed by atoms with E-state index in [0.717, 1.165) is 19.3 Å². The fourth-order valence-electron chi connectivity index (χ4n) is 10.7. The topological polar surface area (TPSA) is 4.93 Å². The Labute approximate surface area is 337 Å². The lowest BCUT2D eigenvalue weighted by Crippen LogP contribution is -2.62. The highest BCUT2D eigenvalue weighted by atomic mass is 32.1. The average molecular weight is 762 g/mol. The van der Waals surface area contributed by atoms with Crippen LogP contribution in [0.4, 0.5) is 0 Å². The van der Waals surface area contributed by atoms with Crippen LogP contribution in [0.3, 0.4) is 0 Å². The van der Waals surface area contributed by atoms with E-state index in [4.69, 9.17) is 0 Å². The number of fused-ring (bicyclic) bond motifs is 13. The molecule has 0 bridgehead atoms. The third-order valence-electron chi connectivity index (χ3n) is 13.0. The molecule has 0 radical (unpaired) electrons. The van der Waals surface area contributed by atoms with Crippen molar-refractivity contribution >= 4 is 83.0 Å². The summed E-state index contributed by atoms with van der Waals surface area (Å²) in [6.45, 7) is 0. The van der Waals surface area contributed by atoms with E-state index in [1.54, 1.807) is 10.4 Å². The molecular weight excluding hydrogens is 723 g/mol. The first kappa shape index (κ1) is 32.9. The van der Waals surface area contributed by atoms with Gasteiger partial charge in [-0.15, -0.1) is 11.3 Å². The average Bonchev–Trinajstić information content (AvgIpc) is 3.84. The first-order chi connectivity index (χ1) is 28.3. The SMILES string of the molecule is C1=C2c3ccccc3-c3ccccc3C2CC([Si](C2=CC(n3c4ccccc4c4c5sc6ccccc6c5ccc43)=CCC2)(c2ccccc2)c2ccccc2)=C1. The van der Waals surface area contributed by atoms with Crippen LogP contribution >= 0.6 is 11.3 Å². The summed E-state index contributed by atoms with van der Waals surface area (Å²) in [4.78, 5) is 0. The number of nitrogens with zero attached hydrogens (tertiary/aromatic N) is 1. The zero-order valence-corrected chi connectivity index (χ0v) is 33.3. The van der Waals surface area contributed by atoms with E-state index in [1.165, 1.54) is 85.9 Å². The van der Waals surface area contributed by atoms with Crippen LogP contribution in [0.1, 0.15) is 36.3 Å². The third kappa shape index (κ3) is 4.80. The molecule has 0 aliphatic heterocycles. The van der Waals surface area contributed by atoms with Crippen LogP contribution in [-0.4, -0.2) is 12.6 Å². The van der Waals surface area contributed by atoms with Crippen LogP contribution in [-0.2, 0) is 0 Å². The van der Waals surface area contributed by atoms with Gasteiger partial charge >= 0.3 is 0 Å². The predicted molar refractivity (Wildman–Crippen MR) is 247 cm³/mol. The van der Waals surface area contributed by atoms with Crippen LogP contribution in [0.2, 0.25) is 0 Å². The molecule has 0 N–H and O–H groups in total. The van der Waals surface area contributed by atoms with E-state index < -0.39 is 8.07 Å². The molecule has 0 fully saturated rings. The Morgan fingerprint density at radius 2 is 1.19 bits per heavy atom. The Morgan fingerprint density at radius 3 is 2.00 bits per heavy atom. The van der Waals surface area contributed by atoms with Crippen molar-refractivity contribution in [3.63, 3.8) is 0 Å². The minimum absolute atomic E-state index is 0.302. The van der Waals surface area contributed by atoms with Gasteiger partial charge in [0.15, 0.2) is 8.07 Å². The molecule has 7 aromatic carbocycles. The van der Waals surface area contributed by atoms with Gasteiger partial charge in [0.25, 0.3) is 0 Å². The fraction of sp³-hybridized carbons (Fsp3) is 0.0741. The van der Waals surface area contributed by atoms with Crippen LogP contribution < -0.4 is 10.4 Å². The molecule has 3 aliphatic carbocycles. The molecule has 0 saturated heterocycles. The van der Waals surface area contributed by atoms with Crippen molar-refractivity contribution in [2.75, 3.05) is 0 Å². The normalized spacial score (nSPS) is 16.5. The van der Waals surface area contributed by atoms with Gasteiger partial charge in [0, 0.05) is 42.6 Å². The van der Waals surface area contributed by atoms with Crippen molar-refractivity contribution < 1.29 is 0 Å². The number of hydrogen-bond acceptors (Lipinski definition) is 1. The van der Waals surface area contributed by atoms with Gasteiger partial charge in [0.2, 0.25) is 0 Å². The molecule has 1 nitrogen and oxygen atoms in total. The van der Waals surface area contributed by atoms with Gasteiger partial charge < -0.3 is 4.57 Å². The zero-order chi connectivity index (χ0) is 37.5. The van der Waals surface area contributed by atoms with Crippen molar-refractivity contribution in [3.05, 3.63) is 216 Å². The van der Waals surface area contributed by atoms with E-state index in [1.807, 2.05) is 11.3 Å². The van der Waals surface area contributed by atoms with Crippen LogP contribution in [0.15, 0.2) is 205 Å². The number of aromatic nitrogens is 1. The summed E-state index contributed by atoms with van der Waals surface area (Å²) in [5, 5.41) is 11.5. The summed E-state index contributed by atoms with van der Waals surface area (Å²) >= 11 is 1.93. The molecule has 270 valence electrons. The lowest BCUT2D eigenvalue weighted by Gasteiger charge is -2.43. The van der Waals surface area contributed by atoms with Gasteiger partial charge in [-0.3, -0.25) is 0 Å². The summed E-state index contributed by atoms with van der Waals surface area (Å²) in [6.07, 6.45) is 13.2. The second-order valence-electron chi connectivity index (χ2n) is 15.8. The van der Waals surface area contributed by atoms with E-state index in [-0.39, 0.29) is 0 Å². The van der Waals surface area contributed by atoms with E-state index in [0.29, 0.717) is 5.92 Å². The molecule has 2 aromatic heterocycles. The summed E-state index contributed by atoms with van der Waals surface area (Å²) in [6, 6.07) is 64.0. The lowest BCUT2D eigenvalue weighted by molar-refractivity contribution is 0.850. The van der Waals surface area contributed by atoms with Gasteiger partial charge in [-0.1, -0.05) is 180 Å². The number of benzene rings is 7. The largest absolute Gasteiger partial charge is 0.310 e. The maximum atomic E-state index is 2.63. The molecule has 0 spiro atoms. The van der Waals surface area contributed by atoms with Crippen molar-refractivity contribution in [1.29, 1.82) is 0 Å². The number of rotatable bonds is 5. The van der Waals surface area contributed by atoms with Gasteiger partial charge in [-0.05, 0) is 81.7 Å². The van der Waals surface area contributed by atoms with Gasteiger partial charge in [0.05, 0.1) is 11.0 Å². The molecule has 3 heteroatoms. The Morgan fingerprint density at radius 1 is 0.526 bits per heavy atom. The zero-order valence-electron chi connectivity index (χ0n) is 31.5. The van der Waals surface area contributed by atoms with Crippen LogP contribution in [0, 0.1) is 0 Å². The number of allylic oxidation sites excluding steroid dienone is 8. The van der Waals surface area contributed by atoms with Crippen LogP contribution in [0.25, 0.3) is 64.4 Å². The first-order valence-electron chi connectivity index (χ1n) is 20.2. The minimum atomic E-state index is -2.76. The van der Waals surface area contributed by atoms with Gasteiger partial charge in [-0.25, -0.2) is 0 Å². The number of hydrogen-bond donors (Lipinski definition) is 0. The highest BCUT2D eigenvalue weighted by molar-refractivity contribution is 7.26. The van der Waals surface area contributed by atoms with E-state index in [2.05, 4.69) is 199 Å². The summed E-state index contributed by atoms with van der Waals surface area (Å²) in [5.41, 5.74) is 10.9. The molecule has 1 atom stereocenters. The number of para-hydroxylation sites is 1. The second-order valence-corrected chi connectivity index (χ2v) is 20.8. The Balaban J connectivity index is 1.11. The lowest BCUT2D eigenvalue weighted by atomic mass is 9.72. The summed E-state index contributed by atoms with van der Waals surface area (Å²) in [7, 11) is -2.76. The molecule has 1 unspecified atom stereocenters. The fourth-order valence-corrected chi connectivity index (χ4v) is 17.3. The molecule has 57 heavy (non-hydrogen) atoms. The van der Waals surface area contributed by atoms with Crippen molar-refractivity contribution in [3.8, 4) is 11.1 Å². The monoisotopic (exact) mass is 761 g/mol. The van der Waals surface area contributed by atoms with Gasteiger partial charge in [-0.2, -0.15) is 0 Å². The maximum absolute atomic E-state index is 2.76. The Kier molecular flexibility index (Phi) is 7.45. The molecule has 12 rings (SSSR count). The highest BCUT2D eigenvalue weighted by Crippen LogP contribution is 2.52. The van der Waals surface area contributed by atoms with Gasteiger partial charge in [0.1, 0.15) is 0 Å². The molecule has 3 aliphatic rings. The molecule has 2 heterocycles. The quantitative estimate of drug-likeness (QED) is 0.154. The Hall–Kier alpha value is -6.26. The van der Waals surface area contributed by atoms with Crippen LogP contribution in [0.5, 0.6) is 0 Å².